The Kier molecular flexibility index (Phi) is 6.39. The molecule has 0 spiro atoms. The number of nitrogens with one attached hydrogen (secondary N) is 2. The summed E-state index contributed by atoms with van der Waals surface area (Å²) in [5.74, 6) is 0.247. The van der Waals surface area contributed by atoms with Crippen LogP contribution >= 0.6 is 0 Å². The lowest BCUT2D eigenvalue weighted by molar-refractivity contribution is -0.126. The van der Waals surface area contributed by atoms with Gasteiger partial charge in [0.05, 0.1) is 5.92 Å². The number of aromatic nitrogens is 1. The van der Waals surface area contributed by atoms with Gasteiger partial charge in [0.2, 0.25) is 11.8 Å². The summed E-state index contributed by atoms with van der Waals surface area (Å²) in [6.07, 6.45) is 9.69. The molecule has 7 nitrogen and oxygen atoms in total. The number of anilines is 2. The first-order valence-corrected chi connectivity index (χ1v) is 13.8. The van der Waals surface area contributed by atoms with Crippen molar-refractivity contribution >= 4 is 23.2 Å². The van der Waals surface area contributed by atoms with Crippen molar-refractivity contribution in [1.29, 1.82) is 0 Å². The van der Waals surface area contributed by atoms with E-state index in [1.54, 1.807) is 6.07 Å². The smallest absolute Gasteiger partial charge is 0.250 e. The molecule has 1 aliphatic carbocycles. The van der Waals surface area contributed by atoms with E-state index in [1.807, 2.05) is 22.8 Å². The van der Waals surface area contributed by atoms with Crippen LogP contribution < -0.4 is 21.1 Å². The van der Waals surface area contributed by atoms with Crippen LogP contribution in [0.25, 0.3) is 0 Å². The molecule has 0 radical (unpaired) electrons. The Morgan fingerprint density at radius 3 is 2.81 bits per heavy atom. The zero-order valence-corrected chi connectivity index (χ0v) is 21.5. The van der Waals surface area contributed by atoms with E-state index < -0.39 is 0 Å². The van der Waals surface area contributed by atoms with Crippen molar-refractivity contribution in [3.8, 4) is 0 Å². The predicted molar refractivity (Wildman–Crippen MR) is 145 cm³/mol. The molecule has 7 heteroatoms. The van der Waals surface area contributed by atoms with Crippen molar-refractivity contribution in [1.82, 2.24) is 9.88 Å². The number of rotatable bonds is 5. The zero-order valence-electron chi connectivity index (χ0n) is 21.5. The third-order valence-electron chi connectivity index (χ3n) is 8.75. The van der Waals surface area contributed by atoms with E-state index in [0.717, 1.165) is 61.4 Å². The van der Waals surface area contributed by atoms with Crippen LogP contribution in [0.4, 0.5) is 11.4 Å². The molecule has 3 aliphatic heterocycles. The number of piperidine rings is 1. The number of amides is 2. The van der Waals surface area contributed by atoms with Crippen LogP contribution in [0.15, 0.2) is 52.8 Å². The van der Waals surface area contributed by atoms with Crippen LogP contribution in [-0.2, 0) is 22.6 Å². The van der Waals surface area contributed by atoms with Gasteiger partial charge in [-0.15, -0.1) is 0 Å². The number of nitrogens with zero attached hydrogens (tertiary/aromatic N) is 2. The molecule has 4 unspecified atom stereocenters. The van der Waals surface area contributed by atoms with Crippen LogP contribution in [0.3, 0.4) is 0 Å². The topological polar surface area (TPSA) is 83.4 Å². The van der Waals surface area contributed by atoms with E-state index >= 15 is 0 Å². The Morgan fingerprint density at radius 2 is 2.00 bits per heavy atom. The number of pyridine rings is 1. The number of carbonyl (C=O) groups excluding carboxylic acids is 2. The fraction of sp³-hybridized carbons (Fsp3) is 0.500. The van der Waals surface area contributed by atoms with Crippen LogP contribution in [0.5, 0.6) is 0 Å². The van der Waals surface area contributed by atoms with Crippen molar-refractivity contribution < 1.29 is 9.59 Å². The van der Waals surface area contributed by atoms with Crippen molar-refractivity contribution in [2.75, 3.05) is 23.3 Å². The molecule has 1 aromatic heterocycles. The molecular formula is C30H36N4O3. The Balaban J connectivity index is 1.33. The van der Waals surface area contributed by atoms with Crippen LogP contribution in [0, 0.1) is 11.8 Å². The molecule has 37 heavy (non-hydrogen) atoms. The Labute approximate surface area is 217 Å². The average molecular weight is 501 g/mol. The second-order valence-electron chi connectivity index (χ2n) is 11.2. The summed E-state index contributed by atoms with van der Waals surface area (Å²) in [6, 6.07) is 11.7. The second kappa shape index (κ2) is 9.84. The van der Waals surface area contributed by atoms with E-state index in [4.69, 9.17) is 0 Å². The minimum atomic E-state index is -0.228. The van der Waals surface area contributed by atoms with Crippen LogP contribution in [0.2, 0.25) is 0 Å². The van der Waals surface area contributed by atoms with Crippen molar-refractivity contribution in [3.63, 3.8) is 0 Å². The second-order valence-corrected chi connectivity index (χ2v) is 11.2. The molecule has 1 saturated heterocycles. The number of carbonyl (C=O) groups is 2. The maximum absolute atomic E-state index is 13.8. The maximum atomic E-state index is 13.8. The molecule has 2 amide bonds. The van der Waals surface area contributed by atoms with Crippen LogP contribution in [0.1, 0.15) is 62.6 Å². The minimum Gasteiger partial charge on any atom is -0.366 e. The van der Waals surface area contributed by atoms with Gasteiger partial charge in [-0.25, -0.2) is 0 Å². The molecule has 1 aromatic carbocycles. The molecule has 4 aliphatic rings. The third kappa shape index (κ3) is 4.60. The van der Waals surface area contributed by atoms with Crippen molar-refractivity contribution in [3.05, 3.63) is 69.7 Å². The van der Waals surface area contributed by atoms with Gasteiger partial charge in [0.1, 0.15) is 0 Å². The lowest BCUT2D eigenvalue weighted by Crippen LogP contribution is -2.60. The molecule has 2 N–H and O–H groups in total. The molecular weight excluding hydrogens is 464 g/mol. The van der Waals surface area contributed by atoms with Crippen molar-refractivity contribution in [2.45, 2.75) is 70.4 Å². The maximum Gasteiger partial charge on any atom is 0.250 e. The Morgan fingerprint density at radius 1 is 1.11 bits per heavy atom. The zero-order chi connectivity index (χ0) is 25.5. The highest BCUT2D eigenvalue weighted by molar-refractivity contribution is 5.89. The monoisotopic (exact) mass is 500 g/mol. The molecule has 6 rings (SSSR count). The molecule has 4 heterocycles. The van der Waals surface area contributed by atoms with Gasteiger partial charge in [0.25, 0.3) is 5.56 Å². The SMILES string of the molecule is CC(=O)Nc1ccc2c(c1)CC(C(=O)NCCC1=CCCCC1)C1C3CC(CN21)Cn1c3cccc1=O. The number of allylic oxidation sites excluding steroid dienone is 1. The van der Waals surface area contributed by atoms with Gasteiger partial charge < -0.3 is 20.1 Å². The summed E-state index contributed by atoms with van der Waals surface area (Å²) in [4.78, 5) is 40.7. The van der Waals surface area contributed by atoms with E-state index in [0.29, 0.717) is 18.9 Å². The standard InChI is InChI=1S/C30H36N4O3/c1-19(35)32-23-10-11-26-22(15-23)16-25(30(37)31-13-12-20-6-3-2-4-7-20)29-24-14-21(18-34(26)29)17-33-27(24)8-5-9-28(33)36/h5-6,8-11,15,21,24-25,29H,2-4,7,12-14,16-18H2,1H3,(H,31,37)(H,32,35). The Bertz CT molecular complexity index is 1310. The van der Waals surface area contributed by atoms with Gasteiger partial charge in [-0.3, -0.25) is 14.4 Å². The first kappa shape index (κ1) is 24.0. The minimum absolute atomic E-state index is 0.00221. The molecule has 2 aromatic rings. The van der Waals surface area contributed by atoms with Gasteiger partial charge in [0.15, 0.2) is 0 Å². The molecule has 0 saturated carbocycles. The van der Waals surface area contributed by atoms with E-state index in [2.05, 4.69) is 33.7 Å². The predicted octanol–water partition coefficient (Wildman–Crippen LogP) is 3.98. The van der Waals surface area contributed by atoms with E-state index in [9.17, 15) is 14.4 Å². The molecule has 1 fully saturated rings. The number of fused-ring (bicyclic) bond motifs is 8. The highest BCUT2D eigenvalue weighted by atomic mass is 16.2. The first-order valence-electron chi connectivity index (χ1n) is 13.8. The van der Waals surface area contributed by atoms with E-state index in [-0.39, 0.29) is 35.3 Å². The van der Waals surface area contributed by atoms with E-state index in [1.165, 1.54) is 25.3 Å². The first-order chi connectivity index (χ1) is 18.0. The number of hydrogen-bond donors (Lipinski definition) is 2. The van der Waals surface area contributed by atoms with Crippen LogP contribution in [-0.4, -0.2) is 35.5 Å². The highest BCUT2D eigenvalue weighted by Crippen LogP contribution is 2.48. The van der Waals surface area contributed by atoms with Gasteiger partial charge in [-0.2, -0.15) is 0 Å². The fourth-order valence-corrected chi connectivity index (χ4v) is 7.21. The molecule has 2 bridgehead atoms. The summed E-state index contributed by atoms with van der Waals surface area (Å²) in [5.41, 5.74) is 5.59. The largest absolute Gasteiger partial charge is 0.366 e. The highest BCUT2D eigenvalue weighted by Gasteiger charge is 2.49. The fourth-order valence-electron chi connectivity index (χ4n) is 7.21. The third-order valence-corrected chi connectivity index (χ3v) is 8.75. The summed E-state index contributed by atoms with van der Waals surface area (Å²) >= 11 is 0. The van der Waals surface area contributed by atoms with Gasteiger partial charge in [0, 0.05) is 61.7 Å². The quantitative estimate of drug-likeness (QED) is 0.609. The Hall–Kier alpha value is -3.35. The van der Waals surface area contributed by atoms with Gasteiger partial charge >= 0.3 is 0 Å². The van der Waals surface area contributed by atoms with Crippen molar-refractivity contribution in [2.24, 2.45) is 11.8 Å². The normalized spacial score (nSPS) is 25.8. The molecule has 4 atom stereocenters. The lowest BCUT2D eigenvalue weighted by atomic mass is 9.69. The summed E-state index contributed by atoms with van der Waals surface area (Å²) in [7, 11) is 0. The number of hydrogen-bond acceptors (Lipinski definition) is 4. The summed E-state index contributed by atoms with van der Waals surface area (Å²) in [6.45, 7) is 3.72. The average Bonchev–Trinajstić information content (AvgIpc) is 2.89. The lowest BCUT2D eigenvalue weighted by Gasteiger charge is -2.54. The number of benzene rings is 1. The molecule has 194 valence electrons. The summed E-state index contributed by atoms with van der Waals surface area (Å²) in [5, 5.41) is 6.17. The summed E-state index contributed by atoms with van der Waals surface area (Å²) < 4.78 is 1.94. The van der Waals surface area contributed by atoms with Gasteiger partial charge in [-0.1, -0.05) is 17.7 Å². The van der Waals surface area contributed by atoms with Gasteiger partial charge in [-0.05, 0) is 80.7 Å².